The zero-order valence-electron chi connectivity index (χ0n) is 11.3. The Hall–Kier alpha value is -1.76. The Balaban J connectivity index is 2.04. The maximum absolute atomic E-state index is 13.6. The first-order chi connectivity index (χ1) is 9.90. The normalized spacial score (nSPS) is 22.1. The van der Waals surface area contributed by atoms with Crippen LogP contribution in [0.4, 0.5) is 13.2 Å². The van der Waals surface area contributed by atoms with Gasteiger partial charge in [0.1, 0.15) is 0 Å². The van der Waals surface area contributed by atoms with Crippen LogP contribution in [0.5, 0.6) is 5.75 Å². The lowest BCUT2D eigenvalue weighted by Gasteiger charge is -2.26. The van der Waals surface area contributed by atoms with Crippen molar-refractivity contribution in [2.45, 2.75) is 31.7 Å². The molecular weight excluding hydrogens is 285 g/mol. The van der Waals surface area contributed by atoms with Crippen LogP contribution in [0.3, 0.4) is 0 Å². The molecule has 2 rings (SSSR count). The molecule has 7 heteroatoms. The number of halogens is 3. The highest BCUT2D eigenvalue weighted by atomic mass is 19.2. The first kappa shape index (κ1) is 15.6. The number of aromatic hydroxyl groups is 1. The van der Waals surface area contributed by atoms with Crippen LogP contribution in [0.25, 0.3) is 0 Å². The van der Waals surface area contributed by atoms with Crippen molar-refractivity contribution in [3.63, 3.8) is 0 Å². The van der Waals surface area contributed by atoms with Gasteiger partial charge >= 0.3 is 0 Å². The first-order valence-electron chi connectivity index (χ1n) is 6.80. The fraction of sp³-hybridized carbons (Fsp3) is 0.500. The fourth-order valence-electron chi connectivity index (χ4n) is 2.61. The summed E-state index contributed by atoms with van der Waals surface area (Å²) in [4.78, 5) is 11.8. The van der Waals surface area contributed by atoms with Gasteiger partial charge in [0.25, 0.3) is 5.91 Å². The lowest BCUT2D eigenvalue weighted by molar-refractivity contribution is 0.0936. The molecule has 1 saturated carbocycles. The van der Waals surface area contributed by atoms with Crippen LogP contribution in [-0.4, -0.2) is 23.6 Å². The van der Waals surface area contributed by atoms with Crippen LogP contribution < -0.4 is 11.1 Å². The van der Waals surface area contributed by atoms with Gasteiger partial charge in [-0.3, -0.25) is 4.79 Å². The lowest BCUT2D eigenvalue weighted by Crippen LogP contribution is -2.36. The van der Waals surface area contributed by atoms with Crippen molar-refractivity contribution >= 4 is 5.91 Å². The van der Waals surface area contributed by atoms with E-state index in [0.29, 0.717) is 6.07 Å². The van der Waals surface area contributed by atoms with Crippen LogP contribution in [0.15, 0.2) is 6.07 Å². The van der Waals surface area contributed by atoms with Gasteiger partial charge in [0.2, 0.25) is 5.82 Å². The number of rotatable bonds is 3. The minimum Gasteiger partial charge on any atom is -0.503 e. The van der Waals surface area contributed by atoms with Gasteiger partial charge in [-0.1, -0.05) is 6.42 Å². The van der Waals surface area contributed by atoms with Gasteiger partial charge in [0.05, 0.1) is 5.56 Å². The molecule has 1 amide bonds. The van der Waals surface area contributed by atoms with Crippen molar-refractivity contribution in [3.8, 4) is 5.75 Å². The number of phenolic OH excluding ortho intramolecular Hbond substituents is 1. The summed E-state index contributed by atoms with van der Waals surface area (Å²) in [5.74, 6) is -6.84. The van der Waals surface area contributed by atoms with E-state index in [2.05, 4.69) is 5.32 Å². The third-order valence-electron chi connectivity index (χ3n) is 3.75. The number of hydrogen-bond donors (Lipinski definition) is 3. The smallest absolute Gasteiger partial charge is 0.254 e. The van der Waals surface area contributed by atoms with Gasteiger partial charge < -0.3 is 16.2 Å². The average Bonchev–Trinajstić information content (AvgIpc) is 2.46. The largest absolute Gasteiger partial charge is 0.503 e. The van der Waals surface area contributed by atoms with E-state index in [1.54, 1.807) is 0 Å². The van der Waals surface area contributed by atoms with E-state index in [1.807, 2.05) is 0 Å². The second-order valence-corrected chi connectivity index (χ2v) is 5.39. The van der Waals surface area contributed by atoms with Crippen LogP contribution >= 0.6 is 0 Å². The Bertz CT molecular complexity index is 552. The molecule has 2 atom stereocenters. The highest BCUT2D eigenvalue weighted by molar-refractivity contribution is 5.94. The number of amides is 1. The summed E-state index contributed by atoms with van der Waals surface area (Å²) in [6.07, 6.45) is 3.56. The highest BCUT2D eigenvalue weighted by Crippen LogP contribution is 2.26. The second kappa shape index (κ2) is 6.34. The second-order valence-electron chi connectivity index (χ2n) is 5.39. The predicted octanol–water partition coefficient (Wildman–Crippen LogP) is 2.06. The molecule has 2 unspecified atom stereocenters. The zero-order chi connectivity index (χ0) is 15.6. The molecule has 4 N–H and O–H groups in total. The third-order valence-corrected chi connectivity index (χ3v) is 3.75. The third kappa shape index (κ3) is 3.47. The number of carbonyl (C=O) groups excluding carboxylic acids is 1. The summed E-state index contributed by atoms with van der Waals surface area (Å²) < 4.78 is 39.7. The SMILES string of the molecule is NC1CCCC(CNC(=O)c2cc(F)c(F)c(O)c2F)C1. The molecule has 1 fully saturated rings. The molecule has 1 aliphatic rings. The number of phenols is 1. The van der Waals surface area contributed by atoms with Gasteiger partial charge in [0, 0.05) is 12.6 Å². The fourth-order valence-corrected chi connectivity index (χ4v) is 2.61. The van der Waals surface area contributed by atoms with Gasteiger partial charge in [0.15, 0.2) is 17.4 Å². The van der Waals surface area contributed by atoms with Crippen molar-refractivity contribution in [3.05, 3.63) is 29.1 Å². The minimum absolute atomic E-state index is 0.0877. The minimum atomic E-state index is -1.71. The summed E-state index contributed by atoms with van der Waals surface area (Å²) in [6, 6.07) is 0.525. The van der Waals surface area contributed by atoms with Crippen molar-refractivity contribution in [1.82, 2.24) is 5.32 Å². The molecule has 0 saturated heterocycles. The molecule has 4 nitrogen and oxygen atoms in total. The quantitative estimate of drug-likeness (QED) is 0.748. The van der Waals surface area contributed by atoms with Gasteiger partial charge in [-0.2, -0.15) is 4.39 Å². The van der Waals surface area contributed by atoms with Crippen LogP contribution in [0.1, 0.15) is 36.0 Å². The Morgan fingerprint density at radius 1 is 1.33 bits per heavy atom. The van der Waals surface area contributed by atoms with E-state index in [4.69, 9.17) is 10.8 Å². The molecule has 0 aliphatic heterocycles. The lowest BCUT2D eigenvalue weighted by atomic mass is 9.86. The van der Waals surface area contributed by atoms with Crippen LogP contribution in [-0.2, 0) is 0 Å². The molecule has 0 aromatic heterocycles. The molecule has 0 heterocycles. The average molecular weight is 302 g/mol. The van der Waals surface area contributed by atoms with Gasteiger partial charge in [-0.25, -0.2) is 8.78 Å². The van der Waals surface area contributed by atoms with Crippen molar-refractivity contribution in [2.75, 3.05) is 6.54 Å². The highest BCUT2D eigenvalue weighted by Gasteiger charge is 2.24. The molecule has 1 aromatic carbocycles. The maximum Gasteiger partial charge on any atom is 0.254 e. The summed E-state index contributed by atoms with van der Waals surface area (Å²) in [7, 11) is 0. The van der Waals surface area contributed by atoms with Crippen LogP contribution in [0.2, 0.25) is 0 Å². The number of hydrogen-bond acceptors (Lipinski definition) is 3. The van der Waals surface area contributed by atoms with Gasteiger partial charge in [-0.15, -0.1) is 0 Å². The summed E-state index contributed by atoms with van der Waals surface area (Å²) in [6.45, 7) is 0.283. The monoisotopic (exact) mass is 302 g/mol. The Morgan fingerprint density at radius 3 is 2.71 bits per heavy atom. The molecule has 1 aliphatic carbocycles. The van der Waals surface area contributed by atoms with Crippen molar-refractivity contribution in [2.24, 2.45) is 11.7 Å². The van der Waals surface area contributed by atoms with E-state index >= 15 is 0 Å². The molecule has 0 bridgehead atoms. The molecule has 0 radical (unpaired) electrons. The molecule has 21 heavy (non-hydrogen) atoms. The Kier molecular flexibility index (Phi) is 4.72. The maximum atomic E-state index is 13.6. The summed E-state index contributed by atoms with van der Waals surface area (Å²) >= 11 is 0. The van der Waals surface area contributed by atoms with E-state index in [0.717, 1.165) is 25.7 Å². The molecule has 116 valence electrons. The number of benzene rings is 1. The number of carbonyl (C=O) groups is 1. The Morgan fingerprint density at radius 2 is 2.05 bits per heavy atom. The van der Waals surface area contributed by atoms with Gasteiger partial charge in [-0.05, 0) is 31.2 Å². The van der Waals surface area contributed by atoms with Crippen molar-refractivity contribution in [1.29, 1.82) is 0 Å². The van der Waals surface area contributed by atoms with E-state index < -0.39 is 34.7 Å². The van der Waals surface area contributed by atoms with E-state index in [-0.39, 0.29) is 18.5 Å². The topological polar surface area (TPSA) is 75.3 Å². The Labute approximate surface area is 120 Å². The summed E-state index contributed by atoms with van der Waals surface area (Å²) in [5, 5.41) is 11.6. The summed E-state index contributed by atoms with van der Waals surface area (Å²) in [5.41, 5.74) is 5.11. The number of nitrogens with two attached hydrogens (primary N) is 1. The van der Waals surface area contributed by atoms with Crippen LogP contribution in [0, 0.1) is 23.4 Å². The van der Waals surface area contributed by atoms with E-state index in [9.17, 15) is 18.0 Å². The number of nitrogens with one attached hydrogen (secondary N) is 1. The predicted molar refractivity (Wildman–Crippen MR) is 70.2 cm³/mol. The molecule has 1 aromatic rings. The molecular formula is C14H17F3N2O2. The van der Waals surface area contributed by atoms with E-state index in [1.165, 1.54) is 0 Å². The van der Waals surface area contributed by atoms with Crippen molar-refractivity contribution < 1.29 is 23.1 Å². The first-order valence-corrected chi connectivity index (χ1v) is 6.80. The standard InChI is InChI=1S/C14H17F3N2O2/c15-10-5-9(11(16)13(20)12(10)17)14(21)19-6-7-2-1-3-8(18)4-7/h5,7-8,20H,1-4,6,18H2,(H,19,21). The molecule has 0 spiro atoms. The zero-order valence-corrected chi connectivity index (χ0v) is 11.3.